The lowest BCUT2D eigenvalue weighted by atomic mass is 9.49. The molecule has 0 radical (unpaired) electrons. The Morgan fingerprint density at radius 2 is 1.94 bits per heavy atom. The highest BCUT2D eigenvalue weighted by Crippen LogP contribution is 2.66. The molecule has 0 aliphatic heterocycles. The molecule has 3 fully saturated rings. The highest BCUT2D eigenvalue weighted by atomic mass is 16.5. The van der Waals surface area contributed by atoms with E-state index in [0.29, 0.717) is 30.1 Å². The maximum absolute atomic E-state index is 11.7. The monoisotopic (exact) mass is 444 g/mol. The number of esters is 2. The molecule has 0 saturated heterocycles. The van der Waals surface area contributed by atoms with E-state index in [-0.39, 0.29) is 35.0 Å². The summed E-state index contributed by atoms with van der Waals surface area (Å²) in [5, 5.41) is 11.6. The number of carbonyl (C=O) groups is 2. The quantitative estimate of drug-likeness (QED) is 0.606. The van der Waals surface area contributed by atoms with Gasteiger partial charge in [-0.3, -0.25) is 9.59 Å². The number of fused-ring (bicyclic) bond motifs is 5. The third-order valence-electron chi connectivity index (χ3n) is 9.76. The zero-order chi connectivity index (χ0) is 23.3. The number of ether oxygens (including phenoxy) is 2. The fraction of sp³-hybridized carbons (Fsp3) is 0.778. The van der Waals surface area contributed by atoms with Crippen LogP contribution in [0.25, 0.3) is 0 Å². The Labute approximate surface area is 192 Å². The number of hydrogen-bond acceptors (Lipinski definition) is 5. The fourth-order valence-electron chi connectivity index (χ4n) is 7.88. The molecule has 3 unspecified atom stereocenters. The summed E-state index contributed by atoms with van der Waals surface area (Å²) in [7, 11) is 1.45. The van der Waals surface area contributed by atoms with Crippen LogP contribution in [0.5, 0.6) is 0 Å². The zero-order valence-electron chi connectivity index (χ0n) is 20.4. The standard InChI is InChI=1S/C27H40O5/c1-16(6-11-25(30)31-5)21-9-10-22-20-8-7-18-14-19(32-17(2)28)12-13-26(18,3)23(20)15-24(29)27(21,22)4/h7-8,16,19,21-24,29H,6,9-15H2,1-5H3/t16-,19+,21?,22?,23+,24+,26+,27?/m1/s1. The summed E-state index contributed by atoms with van der Waals surface area (Å²) in [6, 6.07) is 0. The second-order valence-corrected chi connectivity index (χ2v) is 11.2. The maximum Gasteiger partial charge on any atom is 0.305 e. The number of allylic oxidation sites excluding steroid dienone is 3. The molecule has 8 atom stereocenters. The summed E-state index contributed by atoms with van der Waals surface area (Å²) >= 11 is 0. The largest absolute Gasteiger partial charge is 0.469 e. The van der Waals surface area contributed by atoms with Crippen LogP contribution in [0, 0.1) is 34.5 Å². The second-order valence-electron chi connectivity index (χ2n) is 11.2. The summed E-state index contributed by atoms with van der Waals surface area (Å²) in [6.07, 6.45) is 11.2. The van der Waals surface area contributed by atoms with Gasteiger partial charge in [0.2, 0.25) is 0 Å². The van der Waals surface area contributed by atoms with Crippen molar-refractivity contribution < 1.29 is 24.2 Å². The molecule has 3 saturated carbocycles. The van der Waals surface area contributed by atoms with Gasteiger partial charge in [-0.2, -0.15) is 0 Å². The summed E-state index contributed by atoms with van der Waals surface area (Å²) in [4.78, 5) is 23.1. The van der Waals surface area contributed by atoms with E-state index in [1.165, 1.54) is 25.2 Å². The van der Waals surface area contributed by atoms with Crippen molar-refractivity contribution in [2.24, 2.45) is 34.5 Å². The van der Waals surface area contributed by atoms with Gasteiger partial charge in [0.15, 0.2) is 0 Å². The number of aliphatic hydroxyl groups excluding tert-OH is 1. The van der Waals surface area contributed by atoms with Crippen molar-refractivity contribution >= 4 is 11.9 Å². The Kier molecular flexibility index (Phi) is 6.34. The van der Waals surface area contributed by atoms with Crippen molar-refractivity contribution in [1.29, 1.82) is 0 Å². The molecule has 0 bridgehead atoms. The fourth-order valence-corrected chi connectivity index (χ4v) is 7.88. The van der Waals surface area contributed by atoms with Gasteiger partial charge >= 0.3 is 11.9 Å². The van der Waals surface area contributed by atoms with Crippen LogP contribution < -0.4 is 0 Å². The van der Waals surface area contributed by atoms with Gasteiger partial charge in [0.05, 0.1) is 13.2 Å². The molecule has 32 heavy (non-hydrogen) atoms. The third-order valence-corrected chi connectivity index (χ3v) is 9.76. The molecule has 0 aromatic heterocycles. The van der Waals surface area contributed by atoms with Gasteiger partial charge in [-0.05, 0) is 67.6 Å². The number of hydrogen-bond donors (Lipinski definition) is 1. The minimum absolute atomic E-state index is 0.0212. The molecule has 1 N–H and O–H groups in total. The minimum atomic E-state index is -0.343. The first-order valence-electron chi connectivity index (χ1n) is 12.4. The first kappa shape index (κ1) is 23.5. The van der Waals surface area contributed by atoms with E-state index < -0.39 is 0 Å². The Bertz CT molecular complexity index is 828. The number of aliphatic hydroxyl groups is 1. The Morgan fingerprint density at radius 3 is 2.62 bits per heavy atom. The molecule has 4 aliphatic rings. The number of methoxy groups -OCH3 is 1. The molecular weight excluding hydrogens is 404 g/mol. The van der Waals surface area contributed by atoms with E-state index in [9.17, 15) is 14.7 Å². The van der Waals surface area contributed by atoms with Gasteiger partial charge in [-0.15, -0.1) is 0 Å². The van der Waals surface area contributed by atoms with E-state index in [1.54, 1.807) is 0 Å². The molecule has 0 heterocycles. The second kappa shape index (κ2) is 8.62. The highest BCUT2D eigenvalue weighted by molar-refractivity contribution is 5.69. The Morgan fingerprint density at radius 1 is 1.19 bits per heavy atom. The van der Waals surface area contributed by atoms with Crippen molar-refractivity contribution in [2.75, 3.05) is 7.11 Å². The predicted octanol–water partition coefficient (Wildman–Crippen LogP) is 4.98. The van der Waals surface area contributed by atoms with Crippen molar-refractivity contribution in [3.05, 3.63) is 23.3 Å². The lowest BCUT2D eigenvalue weighted by Gasteiger charge is -2.57. The Balaban J connectivity index is 1.57. The highest BCUT2D eigenvalue weighted by Gasteiger charge is 2.60. The van der Waals surface area contributed by atoms with E-state index >= 15 is 0 Å². The predicted molar refractivity (Wildman–Crippen MR) is 123 cm³/mol. The normalized spacial score (nSPS) is 41.4. The van der Waals surface area contributed by atoms with Crippen LogP contribution in [-0.4, -0.2) is 36.4 Å². The summed E-state index contributed by atoms with van der Waals surface area (Å²) in [5.41, 5.74) is 2.80. The number of rotatable bonds is 5. The van der Waals surface area contributed by atoms with E-state index in [4.69, 9.17) is 9.47 Å². The zero-order valence-corrected chi connectivity index (χ0v) is 20.4. The average molecular weight is 445 g/mol. The van der Waals surface area contributed by atoms with Gasteiger partial charge in [0, 0.05) is 25.2 Å². The molecule has 0 amide bonds. The molecule has 0 aromatic carbocycles. The molecule has 5 heteroatoms. The van der Waals surface area contributed by atoms with Crippen molar-refractivity contribution in [1.82, 2.24) is 0 Å². The SMILES string of the molecule is COC(=O)CC[C@@H](C)C1CCC2C3=CC=C4C[C@@H](OC(C)=O)CC[C@]4(C)[C@H]3C[C@H](O)C21C. The van der Waals surface area contributed by atoms with Crippen molar-refractivity contribution in [2.45, 2.75) is 91.3 Å². The molecule has 4 aliphatic carbocycles. The summed E-state index contributed by atoms with van der Waals surface area (Å²) in [6.45, 7) is 8.39. The molecule has 5 nitrogen and oxygen atoms in total. The smallest absolute Gasteiger partial charge is 0.305 e. The molecule has 178 valence electrons. The van der Waals surface area contributed by atoms with Crippen LogP contribution in [0.4, 0.5) is 0 Å². The van der Waals surface area contributed by atoms with Crippen LogP contribution in [0.15, 0.2) is 23.3 Å². The molecule has 0 spiro atoms. The Hall–Kier alpha value is -1.62. The van der Waals surface area contributed by atoms with Crippen molar-refractivity contribution in [3.63, 3.8) is 0 Å². The van der Waals surface area contributed by atoms with Crippen LogP contribution in [0.3, 0.4) is 0 Å². The molecule has 4 rings (SSSR count). The van der Waals surface area contributed by atoms with Crippen LogP contribution >= 0.6 is 0 Å². The number of carbonyl (C=O) groups excluding carboxylic acids is 2. The van der Waals surface area contributed by atoms with Gasteiger partial charge in [0.1, 0.15) is 6.10 Å². The van der Waals surface area contributed by atoms with Gasteiger partial charge < -0.3 is 14.6 Å². The van der Waals surface area contributed by atoms with Gasteiger partial charge in [-0.1, -0.05) is 44.1 Å². The van der Waals surface area contributed by atoms with Crippen molar-refractivity contribution in [3.8, 4) is 0 Å². The maximum atomic E-state index is 11.7. The van der Waals surface area contributed by atoms with Gasteiger partial charge in [0.25, 0.3) is 0 Å². The average Bonchev–Trinajstić information content (AvgIpc) is 3.11. The van der Waals surface area contributed by atoms with Crippen LogP contribution in [0.2, 0.25) is 0 Å². The van der Waals surface area contributed by atoms with Gasteiger partial charge in [-0.25, -0.2) is 0 Å². The molecular formula is C27H40O5. The van der Waals surface area contributed by atoms with E-state index in [1.807, 2.05) is 0 Å². The first-order chi connectivity index (χ1) is 15.1. The summed E-state index contributed by atoms with van der Waals surface area (Å²) in [5.74, 6) is 1.19. The summed E-state index contributed by atoms with van der Waals surface area (Å²) < 4.78 is 10.4. The molecule has 0 aromatic rings. The van der Waals surface area contributed by atoms with E-state index in [2.05, 4.69) is 32.9 Å². The van der Waals surface area contributed by atoms with Crippen LogP contribution in [-0.2, 0) is 19.1 Å². The lowest BCUT2D eigenvalue weighted by Crippen LogP contribution is -2.53. The topological polar surface area (TPSA) is 72.8 Å². The first-order valence-corrected chi connectivity index (χ1v) is 12.4. The third kappa shape index (κ3) is 3.74. The van der Waals surface area contributed by atoms with E-state index in [0.717, 1.165) is 44.9 Å². The minimum Gasteiger partial charge on any atom is -0.469 e. The van der Waals surface area contributed by atoms with Crippen LogP contribution in [0.1, 0.15) is 79.1 Å². The lowest BCUT2D eigenvalue weighted by molar-refractivity contribution is -0.148.